The van der Waals surface area contributed by atoms with Crippen LogP contribution in [0.5, 0.6) is 23.0 Å². The molecule has 0 fully saturated rings. The molecule has 1 amide bonds. The third-order valence-corrected chi connectivity index (χ3v) is 4.07. The van der Waals surface area contributed by atoms with Crippen LogP contribution >= 0.6 is 15.9 Å². The first kappa shape index (κ1) is 17.4. The molecule has 0 bridgehead atoms. The summed E-state index contributed by atoms with van der Waals surface area (Å²) in [6.07, 6.45) is 0. The minimum atomic E-state index is -0.272. The maximum absolute atomic E-state index is 12.1. The Morgan fingerprint density at radius 1 is 1.08 bits per heavy atom. The fraction of sp³-hybridized carbons (Fsp3) is 0.278. The van der Waals surface area contributed by atoms with Gasteiger partial charge < -0.3 is 24.3 Å². The highest BCUT2D eigenvalue weighted by Crippen LogP contribution is 2.38. The summed E-state index contributed by atoms with van der Waals surface area (Å²) in [5.41, 5.74) is 0.601. The minimum Gasteiger partial charge on any atom is -0.494 e. The molecule has 1 N–H and O–H groups in total. The Bertz CT molecular complexity index is 748. The van der Waals surface area contributed by atoms with Gasteiger partial charge in [0.2, 0.25) is 0 Å². The predicted octanol–water partition coefficient (Wildman–Crippen LogP) is 3.64. The molecule has 1 aliphatic heterocycles. The van der Waals surface area contributed by atoms with Gasteiger partial charge in [0.25, 0.3) is 5.91 Å². The molecule has 0 spiro atoms. The maximum atomic E-state index is 12.1. The number of rotatable bonds is 6. The normalized spacial score (nSPS) is 12.4. The Hall–Kier alpha value is -2.41. The summed E-state index contributed by atoms with van der Waals surface area (Å²) in [5, 5.41) is 2.79. The molecular formula is C18H18BrNO5. The minimum absolute atomic E-state index is 0.102. The zero-order valence-electron chi connectivity index (χ0n) is 13.7. The highest BCUT2D eigenvalue weighted by molar-refractivity contribution is 9.10. The van der Waals surface area contributed by atoms with E-state index in [9.17, 15) is 4.79 Å². The molecule has 0 radical (unpaired) electrons. The lowest BCUT2D eigenvalue weighted by Crippen LogP contribution is -2.21. The first-order chi connectivity index (χ1) is 12.2. The number of carbonyl (C=O) groups excluding carboxylic acids is 1. The molecule has 2 aromatic carbocycles. The number of nitrogens with one attached hydrogen (secondary N) is 1. The van der Waals surface area contributed by atoms with Crippen LogP contribution in [0.15, 0.2) is 40.9 Å². The summed E-state index contributed by atoms with van der Waals surface area (Å²) in [4.78, 5) is 12.1. The van der Waals surface area contributed by atoms with Crippen molar-refractivity contribution >= 4 is 27.5 Å². The average molecular weight is 408 g/mol. The van der Waals surface area contributed by atoms with Gasteiger partial charge in [-0.2, -0.15) is 0 Å². The van der Waals surface area contributed by atoms with E-state index >= 15 is 0 Å². The second kappa shape index (κ2) is 8.11. The van der Waals surface area contributed by atoms with Crippen molar-refractivity contribution in [1.29, 1.82) is 0 Å². The fourth-order valence-electron chi connectivity index (χ4n) is 2.29. The molecule has 0 aliphatic carbocycles. The number of hydrogen-bond acceptors (Lipinski definition) is 5. The van der Waals surface area contributed by atoms with Crippen LogP contribution in [0.3, 0.4) is 0 Å². The molecule has 0 saturated heterocycles. The lowest BCUT2D eigenvalue weighted by atomic mass is 10.2. The molecule has 0 unspecified atom stereocenters. The quantitative estimate of drug-likeness (QED) is 0.791. The third-order valence-electron chi connectivity index (χ3n) is 3.41. The molecular weight excluding hydrogens is 390 g/mol. The lowest BCUT2D eigenvalue weighted by Gasteiger charge is -2.20. The van der Waals surface area contributed by atoms with Gasteiger partial charge in [0.05, 0.1) is 12.3 Å². The fourth-order valence-corrected chi connectivity index (χ4v) is 2.72. The van der Waals surface area contributed by atoms with Crippen LogP contribution in [0, 0.1) is 0 Å². The van der Waals surface area contributed by atoms with Crippen LogP contribution in [-0.2, 0) is 4.79 Å². The van der Waals surface area contributed by atoms with Gasteiger partial charge in [-0.15, -0.1) is 0 Å². The van der Waals surface area contributed by atoms with Crippen molar-refractivity contribution in [1.82, 2.24) is 0 Å². The van der Waals surface area contributed by atoms with E-state index in [1.165, 1.54) is 0 Å². The van der Waals surface area contributed by atoms with Crippen molar-refractivity contribution in [3.8, 4) is 23.0 Å². The first-order valence-electron chi connectivity index (χ1n) is 7.90. The summed E-state index contributed by atoms with van der Waals surface area (Å²) in [7, 11) is 0. The smallest absolute Gasteiger partial charge is 0.262 e. The summed E-state index contributed by atoms with van der Waals surface area (Å²) in [6.45, 7) is 3.43. The Balaban J connectivity index is 1.57. The van der Waals surface area contributed by atoms with Gasteiger partial charge in [0.15, 0.2) is 18.1 Å². The lowest BCUT2D eigenvalue weighted by molar-refractivity contribution is -0.118. The van der Waals surface area contributed by atoms with Crippen molar-refractivity contribution in [3.63, 3.8) is 0 Å². The van der Waals surface area contributed by atoms with Crippen LogP contribution in [-0.4, -0.2) is 32.3 Å². The van der Waals surface area contributed by atoms with Crippen molar-refractivity contribution in [2.45, 2.75) is 6.92 Å². The largest absolute Gasteiger partial charge is 0.494 e. The Kier molecular flexibility index (Phi) is 5.65. The van der Waals surface area contributed by atoms with E-state index in [1.54, 1.807) is 36.4 Å². The van der Waals surface area contributed by atoms with Crippen molar-refractivity contribution < 1.29 is 23.7 Å². The molecule has 7 heteroatoms. The van der Waals surface area contributed by atoms with Gasteiger partial charge in [-0.05, 0) is 47.1 Å². The van der Waals surface area contributed by atoms with E-state index in [0.717, 1.165) is 5.75 Å². The second-order valence-corrected chi connectivity index (χ2v) is 6.07. The molecule has 1 heterocycles. The van der Waals surface area contributed by atoms with Gasteiger partial charge in [-0.3, -0.25) is 4.79 Å². The molecule has 0 atom stereocenters. The Morgan fingerprint density at radius 3 is 2.32 bits per heavy atom. The summed E-state index contributed by atoms with van der Waals surface area (Å²) in [6, 6.07) is 10.6. The van der Waals surface area contributed by atoms with Crippen LogP contribution < -0.4 is 24.3 Å². The van der Waals surface area contributed by atoms with Gasteiger partial charge in [-0.1, -0.05) is 0 Å². The standard InChI is InChI=1S/C18H18BrNO5/c1-2-22-12-3-5-13(6-4-12)25-11-18(21)20-15-10-17-16(9-14(15)19)23-7-8-24-17/h3-6,9-10H,2,7-8,11H2,1H3,(H,20,21). The Morgan fingerprint density at radius 2 is 1.68 bits per heavy atom. The van der Waals surface area contributed by atoms with Crippen molar-refractivity contribution in [2.24, 2.45) is 0 Å². The molecule has 2 aromatic rings. The van der Waals surface area contributed by atoms with E-state index in [1.807, 2.05) is 6.92 Å². The molecule has 0 saturated carbocycles. The average Bonchev–Trinajstić information content (AvgIpc) is 2.62. The number of hydrogen-bond donors (Lipinski definition) is 1. The second-order valence-electron chi connectivity index (χ2n) is 5.22. The molecule has 132 valence electrons. The molecule has 25 heavy (non-hydrogen) atoms. The van der Waals surface area contributed by atoms with Gasteiger partial charge in [0, 0.05) is 16.6 Å². The molecule has 6 nitrogen and oxygen atoms in total. The predicted molar refractivity (Wildman–Crippen MR) is 96.9 cm³/mol. The number of anilines is 1. The monoisotopic (exact) mass is 407 g/mol. The number of ether oxygens (including phenoxy) is 4. The van der Waals surface area contributed by atoms with Crippen LogP contribution in [0.4, 0.5) is 5.69 Å². The van der Waals surface area contributed by atoms with E-state index < -0.39 is 0 Å². The van der Waals surface area contributed by atoms with Gasteiger partial charge in [0.1, 0.15) is 24.7 Å². The molecule has 3 rings (SSSR count). The summed E-state index contributed by atoms with van der Waals surface area (Å²) >= 11 is 3.42. The number of fused-ring (bicyclic) bond motifs is 1. The number of amides is 1. The van der Waals surface area contributed by atoms with Gasteiger partial charge in [-0.25, -0.2) is 0 Å². The zero-order chi connectivity index (χ0) is 17.6. The van der Waals surface area contributed by atoms with Crippen molar-refractivity contribution in [2.75, 3.05) is 31.7 Å². The van der Waals surface area contributed by atoms with E-state index in [0.29, 0.717) is 47.2 Å². The highest BCUT2D eigenvalue weighted by Gasteiger charge is 2.16. The summed E-state index contributed by atoms with van der Waals surface area (Å²) in [5.74, 6) is 2.35. The van der Waals surface area contributed by atoms with E-state index in [4.69, 9.17) is 18.9 Å². The first-order valence-corrected chi connectivity index (χ1v) is 8.69. The van der Waals surface area contributed by atoms with E-state index in [-0.39, 0.29) is 12.5 Å². The molecule has 0 aromatic heterocycles. The summed E-state index contributed by atoms with van der Waals surface area (Å²) < 4.78 is 22.6. The van der Waals surface area contributed by atoms with Crippen LogP contribution in [0.2, 0.25) is 0 Å². The number of benzene rings is 2. The highest BCUT2D eigenvalue weighted by atomic mass is 79.9. The molecule has 1 aliphatic rings. The topological polar surface area (TPSA) is 66.0 Å². The Labute approximate surface area is 154 Å². The van der Waals surface area contributed by atoms with Crippen LogP contribution in [0.25, 0.3) is 0 Å². The zero-order valence-corrected chi connectivity index (χ0v) is 15.3. The number of halogens is 1. The van der Waals surface area contributed by atoms with Crippen LogP contribution in [0.1, 0.15) is 6.92 Å². The van der Waals surface area contributed by atoms with E-state index in [2.05, 4.69) is 21.2 Å². The SMILES string of the molecule is CCOc1ccc(OCC(=O)Nc2cc3c(cc2Br)OCCO3)cc1. The number of carbonyl (C=O) groups is 1. The third kappa shape index (κ3) is 4.57. The maximum Gasteiger partial charge on any atom is 0.262 e. The van der Waals surface area contributed by atoms with Gasteiger partial charge >= 0.3 is 0 Å². The van der Waals surface area contributed by atoms with Crippen molar-refractivity contribution in [3.05, 3.63) is 40.9 Å².